The number of nitrogens with zero attached hydrogens (tertiary/aromatic N) is 1. The lowest BCUT2D eigenvalue weighted by molar-refractivity contribution is 0.0954. The predicted octanol–water partition coefficient (Wildman–Crippen LogP) is 3.55. The fraction of sp³-hybridized carbons (Fsp3) is 0.158. The van der Waals surface area contributed by atoms with Gasteiger partial charge in [-0.15, -0.1) is 0 Å². The molecule has 2 aromatic rings. The summed E-state index contributed by atoms with van der Waals surface area (Å²) in [4.78, 5) is 11.9. The fourth-order valence-corrected chi connectivity index (χ4v) is 2.00. The van der Waals surface area contributed by atoms with E-state index in [1.54, 1.807) is 24.3 Å². The molecule has 0 bridgehead atoms. The van der Waals surface area contributed by atoms with E-state index in [9.17, 15) is 9.18 Å². The highest BCUT2D eigenvalue weighted by Gasteiger charge is 2.06. The van der Waals surface area contributed by atoms with Gasteiger partial charge in [-0.2, -0.15) is 5.10 Å². The van der Waals surface area contributed by atoms with E-state index in [0.29, 0.717) is 30.3 Å². The maximum atomic E-state index is 13.1. The Kier molecular flexibility index (Phi) is 6.71. The van der Waals surface area contributed by atoms with Gasteiger partial charge in [0.25, 0.3) is 5.91 Å². The van der Waals surface area contributed by atoms with E-state index < -0.39 is 11.7 Å². The normalized spacial score (nSPS) is 10.5. The van der Waals surface area contributed by atoms with Crippen LogP contribution in [0.25, 0.3) is 0 Å². The van der Waals surface area contributed by atoms with Crippen LogP contribution < -0.4 is 14.9 Å². The first-order chi connectivity index (χ1) is 12.1. The van der Waals surface area contributed by atoms with Crippen molar-refractivity contribution < 1.29 is 18.7 Å². The summed E-state index contributed by atoms with van der Waals surface area (Å²) >= 11 is 0. The van der Waals surface area contributed by atoms with Gasteiger partial charge in [-0.1, -0.05) is 18.7 Å². The van der Waals surface area contributed by atoms with Gasteiger partial charge in [0, 0.05) is 5.56 Å². The first-order valence-electron chi connectivity index (χ1n) is 7.73. The van der Waals surface area contributed by atoms with Crippen LogP contribution in [0.3, 0.4) is 0 Å². The standard InChI is InChI=1S/C19H19FN2O3/c1-3-10-25-17-9-8-14(11-18(17)24-4-2)13-21-22-19(23)15-6-5-7-16(20)12-15/h3,5-9,11-13H,1,4,10H2,2H3,(H,22,23)/b21-13-. The molecule has 0 saturated heterocycles. The molecular weight excluding hydrogens is 323 g/mol. The van der Waals surface area contributed by atoms with Crippen molar-refractivity contribution in [3.63, 3.8) is 0 Å². The summed E-state index contributed by atoms with van der Waals surface area (Å²) in [6, 6.07) is 10.7. The summed E-state index contributed by atoms with van der Waals surface area (Å²) in [6.45, 7) is 6.34. The molecule has 0 aliphatic rings. The molecule has 0 aliphatic carbocycles. The Morgan fingerprint density at radius 1 is 1.24 bits per heavy atom. The predicted molar refractivity (Wildman–Crippen MR) is 94.8 cm³/mol. The number of nitrogens with one attached hydrogen (secondary N) is 1. The first-order valence-corrected chi connectivity index (χ1v) is 7.73. The molecule has 1 amide bonds. The van der Waals surface area contributed by atoms with E-state index in [2.05, 4.69) is 17.1 Å². The highest BCUT2D eigenvalue weighted by atomic mass is 19.1. The molecule has 25 heavy (non-hydrogen) atoms. The highest BCUT2D eigenvalue weighted by molar-refractivity contribution is 5.94. The number of amides is 1. The molecule has 0 fully saturated rings. The van der Waals surface area contributed by atoms with Crippen molar-refractivity contribution in [3.05, 3.63) is 72.1 Å². The Labute approximate surface area is 145 Å². The molecule has 1 N–H and O–H groups in total. The summed E-state index contributed by atoms with van der Waals surface area (Å²) in [5.41, 5.74) is 3.26. The van der Waals surface area contributed by atoms with Crippen molar-refractivity contribution in [1.29, 1.82) is 0 Å². The van der Waals surface area contributed by atoms with Gasteiger partial charge in [-0.05, 0) is 48.9 Å². The second-order valence-electron chi connectivity index (χ2n) is 4.95. The van der Waals surface area contributed by atoms with Crippen molar-refractivity contribution in [3.8, 4) is 11.5 Å². The number of rotatable bonds is 8. The van der Waals surface area contributed by atoms with Crippen LogP contribution in [-0.2, 0) is 0 Å². The lowest BCUT2D eigenvalue weighted by Crippen LogP contribution is -2.17. The second kappa shape index (κ2) is 9.22. The van der Waals surface area contributed by atoms with Crippen LogP contribution in [0.5, 0.6) is 11.5 Å². The molecule has 0 unspecified atom stereocenters. The summed E-state index contributed by atoms with van der Waals surface area (Å²) < 4.78 is 24.2. The summed E-state index contributed by atoms with van der Waals surface area (Å²) in [7, 11) is 0. The Morgan fingerprint density at radius 3 is 2.80 bits per heavy atom. The number of ether oxygens (including phenoxy) is 2. The smallest absolute Gasteiger partial charge is 0.271 e. The topological polar surface area (TPSA) is 59.9 Å². The number of carbonyl (C=O) groups is 1. The van der Waals surface area contributed by atoms with Crippen LogP contribution in [0.1, 0.15) is 22.8 Å². The zero-order valence-electron chi connectivity index (χ0n) is 13.9. The van der Waals surface area contributed by atoms with E-state index >= 15 is 0 Å². The van der Waals surface area contributed by atoms with Gasteiger partial charge in [-0.25, -0.2) is 9.82 Å². The number of hydrogen-bond donors (Lipinski definition) is 1. The van der Waals surface area contributed by atoms with Gasteiger partial charge in [0.2, 0.25) is 0 Å². The summed E-state index contributed by atoms with van der Waals surface area (Å²) in [6.07, 6.45) is 3.12. The quantitative estimate of drug-likeness (QED) is 0.453. The second-order valence-corrected chi connectivity index (χ2v) is 4.95. The van der Waals surface area contributed by atoms with Crippen LogP contribution in [0, 0.1) is 5.82 Å². The van der Waals surface area contributed by atoms with Gasteiger partial charge >= 0.3 is 0 Å². The van der Waals surface area contributed by atoms with Gasteiger partial charge < -0.3 is 9.47 Å². The van der Waals surface area contributed by atoms with Gasteiger partial charge in [0.15, 0.2) is 11.5 Å². The third-order valence-electron chi connectivity index (χ3n) is 3.09. The molecule has 5 nitrogen and oxygen atoms in total. The van der Waals surface area contributed by atoms with Crippen LogP contribution in [0.15, 0.2) is 60.2 Å². The minimum atomic E-state index is -0.494. The molecular formula is C19H19FN2O3. The average Bonchev–Trinajstić information content (AvgIpc) is 2.61. The van der Waals surface area contributed by atoms with Crippen molar-refractivity contribution in [2.75, 3.05) is 13.2 Å². The molecule has 6 heteroatoms. The SMILES string of the molecule is C=CCOc1ccc(/C=N\NC(=O)c2cccc(F)c2)cc1OCC. The van der Waals surface area contributed by atoms with Crippen LogP contribution in [-0.4, -0.2) is 25.3 Å². The Bertz CT molecular complexity index is 775. The van der Waals surface area contributed by atoms with Gasteiger partial charge in [-0.3, -0.25) is 4.79 Å². The lowest BCUT2D eigenvalue weighted by Gasteiger charge is -2.11. The van der Waals surface area contributed by atoms with Gasteiger partial charge in [0.05, 0.1) is 12.8 Å². The highest BCUT2D eigenvalue weighted by Crippen LogP contribution is 2.28. The average molecular weight is 342 g/mol. The van der Waals surface area contributed by atoms with Crippen molar-refractivity contribution >= 4 is 12.1 Å². The van der Waals surface area contributed by atoms with E-state index in [0.717, 1.165) is 6.07 Å². The lowest BCUT2D eigenvalue weighted by atomic mass is 10.2. The summed E-state index contributed by atoms with van der Waals surface area (Å²) in [5, 5.41) is 3.88. The number of hydrazone groups is 1. The Balaban J connectivity index is 2.05. The molecule has 0 atom stereocenters. The molecule has 0 aliphatic heterocycles. The van der Waals surface area contributed by atoms with E-state index in [-0.39, 0.29) is 5.56 Å². The molecule has 130 valence electrons. The molecule has 0 spiro atoms. The Hall–Kier alpha value is -3.15. The van der Waals surface area contributed by atoms with E-state index in [1.165, 1.54) is 24.4 Å². The molecule has 0 aromatic heterocycles. The van der Waals surface area contributed by atoms with Crippen LogP contribution in [0.2, 0.25) is 0 Å². The largest absolute Gasteiger partial charge is 0.490 e. The number of benzene rings is 2. The maximum Gasteiger partial charge on any atom is 0.271 e. The third kappa shape index (κ3) is 5.46. The van der Waals surface area contributed by atoms with Gasteiger partial charge in [0.1, 0.15) is 12.4 Å². The fourth-order valence-electron chi connectivity index (χ4n) is 2.00. The minimum absolute atomic E-state index is 0.195. The molecule has 0 radical (unpaired) electrons. The maximum absolute atomic E-state index is 13.1. The van der Waals surface area contributed by atoms with Crippen LogP contribution >= 0.6 is 0 Å². The van der Waals surface area contributed by atoms with E-state index in [1.807, 2.05) is 6.92 Å². The van der Waals surface area contributed by atoms with Crippen molar-refractivity contribution in [2.45, 2.75) is 6.92 Å². The zero-order valence-corrected chi connectivity index (χ0v) is 13.9. The van der Waals surface area contributed by atoms with Crippen molar-refractivity contribution in [2.24, 2.45) is 5.10 Å². The first kappa shape index (κ1) is 18.2. The number of carbonyl (C=O) groups excluding carboxylic acids is 1. The number of hydrogen-bond acceptors (Lipinski definition) is 4. The van der Waals surface area contributed by atoms with E-state index in [4.69, 9.17) is 9.47 Å². The third-order valence-corrected chi connectivity index (χ3v) is 3.09. The zero-order chi connectivity index (χ0) is 18.1. The van der Waals surface area contributed by atoms with Crippen molar-refractivity contribution in [1.82, 2.24) is 5.43 Å². The molecule has 0 heterocycles. The monoisotopic (exact) mass is 342 g/mol. The summed E-state index contributed by atoms with van der Waals surface area (Å²) in [5.74, 6) is 0.201. The molecule has 0 saturated carbocycles. The number of halogens is 1. The molecule has 2 rings (SSSR count). The Morgan fingerprint density at radius 2 is 2.08 bits per heavy atom. The minimum Gasteiger partial charge on any atom is -0.490 e. The molecule has 2 aromatic carbocycles. The van der Waals surface area contributed by atoms with Crippen LogP contribution in [0.4, 0.5) is 4.39 Å².